The van der Waals surface area contributed by atoms with Gasteiger partial charge in [0.25, 0.3) is 0 Å². The number of unbranched alkanes of at least 4 members (excludes halogenated alkanes) is 9. The van der Waals surface area contributed by atoms with Crippen molar-refractivity contribution in [1.29, 1.82) is 0 Å². The van der Waals surface area contributed by atoms with Crippen LogP contribution in [0.1, 0.15) is 71.1 Å². The summed E-state index contributed by atoms with van der Waals surface area (Å²) in [5.74, 6) is 0. The van der Waals surface area contributed by atoms with Crippen molar-refractivity contribution < 1.29 is 4.57 Å². The van der Waals surface area contributed by atoms with Crippen LogP contribution in [0.15, 0.2) is 29.4 Å². The fraction of sp³-hybridized carbons (Fsp3) is 0.706. The lowest BCUT2D eigenvalue weighted by Crippen LogP contribution is -2.32. The molecule has 0 fully saturated rings. The van der Waals surface area contributed by atoms with Gasteiger partial charge in [0.2, 0.25) is 0 Å². The van der Waals surface area contributed by atoms with Crippen molar-refractivity contribution in [2.45, 2.75) is 82.6 Å². The molecule has 1 heterocycles. The number of aryl methyl sites for hydroxylation is 1. The molecule has 0 saturated heterocycles. The van der Waals surface area contributed by atoms with Crippen molar-refractivity contribution in [1.82, 2.24) is 0 Å². The van der Waals surface area contributed by atoms with Gasteiger partial charge in [-0.1, -0.05) is 58.3 Å². The molecule has 1 aromatic rings. The van der Waals surface area contributed by atoms with Crippen LogP contribution in [0.25, 0.3) is 0 Å². The van der Waals surface area contributed by atoms with E-state index >= 15 is 0 Å². The van der Waals surface area contributed by atoms with E-state index in [2.05, 4.69) is 48.6 Å². The molecular weight excluding hydrogens is 250 g/mol. The molecule has 0 N–H and O–H groups in total. The van der Waals surface area contributed by atoms with Gasteiger partial charge in [0.1, 0.15) is 6.54 Å². The molecule has 19 heavy (non-hydrogen) atoms. The van der Waals surface area contributed by atoms with E-state index in [1.807, 2.05) is 0 Å². The minimum atomic E-state index is 1.04. The lowest BCUT2D eigenvalue weighted by Gasteiger charge is -2.01. The molecule has 0 spiro atoms. The third-order valence-electron chi connectivity index (χ3n) is 3.64. The Morgan fingerprint density at radius 1 is 0.789 bits per heavy atom. The molecular formula is C17H30NS+. The van der Waals surface area contributed by atoms with Gasteiger partial charge >= 0.3 is 0 Å². The van der Waals surface area contributed by atoms with Crippen molar-refractivity contribution >= 4 is 12.6 Å². The number of rotatable bonds is 11. The Balaban J connectivity index is 1.87. The summed E-state index contributed by atoms with van der Waals surface area (Å²) >= 11 is 4.30. The van der Waals surface area contributed by atoms with Crippen LogP contribution in [0.2, 0.25) is 0 Å². The van der Waals surface area contributed by atoms with Gasteiger partial charge in [-0.2, -0.15) is 0 Å². The van der Waals surface area contributed by atoms with Crippen LogP contribution in [0.4, 0.5) is 0 Å². The summed E-state index contributed by atoms with van der Waals surface area (Å²) in [6.07, 6.45) is 18.3. The number of pyridine rings is 1. The molecule has 0 atom stereocenters. The summed E-state index contributed by atoms with van der Waals surface area (Å²) in [4.78, 5) is 1.04. The fourth-order valence-electron chi connectivity index (χ4n) is 2.38. The van der Waals surface area contributed by atoms with Gasteiger partial charge in [-0.25, -0.2) is 4.57 Å². The molecule has 108 valence electrons. The summed E-state index contributed by atoms with van der Waals surface area (Å²) in [5.41, 5.74) is 0. The molecule has 0 unspecified atom stereocenters. The zero-order valence-corrected chi connectivity index (χ0v) is 13.4. The van der Waals surface area contributed by atoms with Crippen molar-refractivity contribution in [2.24, 2.45) is 0 Å². The van der Waals surface area contributed by atoms with Gasteiger partial charge in [-0.3, -0.25) is 0 Å². The molecule has 0 radical (unpaired) electrons. The van der Waals surface area contributed by atoms with Crippen molar-refractivity contribution in [3.05, 3.63) is 24.5 Å². The van der Waals surface area contributed by atoms with Gasteiger partial charge in [0.15, 0.2) is 12.4 Å². The molecule has 1 aromatic heterocycles. The molecule has 0 aliphatic heterocycles. The molecule has 0 aliphatic carbocycles. The largest absolute Gasteiger partial charge is 0.205 e. The first-order valence-electron chi connectivity index (χ1n) is 8.01. The van der Waals surface area contributed by atoms with Crippen molar-refractivity contribution in [2.75, 3.05) is 0 Å². The van der Waals surface area contributed by atoms with E-state index in [0.717, 1.165) is 11.4 Å². The number of nitrogens with zero attached hydrogens (tertiary/aromatic N) is 1. The van der Waals surface area contributed by atoms with Gasteiger partial charge in [-0.15, -0.1) is 12.6 Å². The minimum Gasteiger partial charge on any atom is -0.205 e. The molecule has 1 nitrogen and oxygen atoms in total. The maximum atomic E-state index is 4.30. The molecule has 0 aromatic carbocycles. The predicted octanol–water partition coefficient (Wildman–Crippen LogP) is 5.18. The fourth-order valence-corrected chi connectivity index (χ4v) is 2.51. The summed E-state index contributed by atoms with van der Waals surface area (Å²) in [5, 5.41) is 0. The molecule has 0 amide bonds. The van der Waals surface area contributed by atoms with Crippen LogP contribution in [0.3, 0.4) is 0 Å². The van der Waals surface area contributed by atoms with Crippen LogP contribution < -0.4 is 4.57 Å². The van der Waals surface area contributed by atoms with Crippen molar-refractivity contribution in [3.8, 4) is 0 Å². The van der Waals surface area contributed by atoms with Crippen LogP contribution in [-0.4, -0.2) is 0 Å². The SMILES string of the molecule is CCCCCCCCCCCC[n+]1ccc(S)cc1. The monoisotopic (exact) mass is 280 g/mol. The lowest BCUT2D eigenvalue weighted by molar-refractivity contribution is -0.697. The second kappa shape index (κ2) is 11.3. The van der Waals surface area contributed by atoms with Gasteiger partial charge in [-0.05, 0) is 6.42 Å². The second-order valence-electron chi connectivity index (χ2n) is 5.48. The highest BCUT2D eigenvalue weighted by Gasteiger charge is 1.99. The van der Waals surface area contributed by atoms with E-state index in [0.29, 0.717) is 0 Å². The average molecular weight is 281 g/mol. The third-order valence-corrected chi connectivity index (χ3v) is 3.94. The molecule has 0 saturated carbocycles. The summed E-state index contributed by atoms with van der Waals surface area (Å²) < 4.78 is 2.25. The third kappa shape index (κ3) is 9.10. The zero-order valence-electron chi connectivity index (χ0n) is 12.5. The highest BCUT2D eigenvalue weighted by molar-refractivity contribution is 7.80. The Hall–Kier alpha value is -0.500. The molecule has 2 heteroatoms. The first-order chi connectivity index (χ1) is 9.33. The molecule has 0 aliphatic rings. The quantitative estimate of drug-likeness (QED) is 0.323. The van der Waals surface area contributed by atoms with Crippen LogP contribution in [0, 0.1) is 0 Å². The maximum absolute atomic E-state index is 4.30. The predicted molar refractivity (Wildman–Crippen MR) is 85.7 cm³/mol. The first-order valence-corrected chi connectivity index (χ1v) is 8.45. The van der Waals surface area contributed by atoms with E-state index < -0.39 is 0 Å². The van der Waals surface area contributed by atoms with Crippen LogP contribution >= 0.6 is 12.6 Å². The Bertz CT molecular complexity index is 308. The van der Waals surface area contributed by atoms with E-state index in [9.17, 15) is 0 Å². The highest BCUT2D eigenvalue weighted by atomic mass is 32.1. The van der Waals surface area contributed by atoms with E-state index in [4.69, 9.17) is 0 Å². The Morgan fingerprint density at radius 3 is 1.79 bits per heavy atom. The van der Waals surface area contributed by atoms with Gasteiger partial charge in [0, 0.05) is 23.4 Å². The van der Waals surface area contributed by atoms with E-state index in [1.165, 1.54) is 64.2 Å². The normalized spacial score (nSPS) is 10.8. The lowest BCUT2D eigenvalue weighted by atomic mass is 10.1. The standard InChI is InChI=1S/C17H29NS/c1-2-3-4-5-6-7-8-9-10-11-14-18-15-12-17(19)13-16-18/h12-13,15-16H,2-11,14H2,1H3/p+1. The Kier molecular flexibility index (Phi) is 9.88. The van der Waals surface area contributed by atoms with E-state index in [-0.39, 0.29) is 0 Å². The average Bonchev–Trinajstić information content (AvgIpc) is 2.43. The summed E-state index contributed by atoms with van der Waals surface area (Å²) in [7, 11) is 0. The number of aromatic nitrogens is 1. The maximum Gasteiger partial charge on any atom is 0.169 e. The van der Waals surface area contributed by atoms with Crippen LogP contribution in [0.5, 0.6) is 0 Å². The second-order valence-corrected chi connectivity index (χ2v) is 5.99. The van der Waals surface area contributed by atoms with Gasteiger partial charge in [0.05, 0.1) is 0 Å². The smallest absolute Gasteiger partial charge is 0.169 e. The minimum absolute atomic E-state index is 1.04. The Morgan fingerprint density at radius 2 is 1.26 bits per heavy atom. The highest BCUT2D eigenvalue weighted by Crippen LogP contribution is 2.10. The van der Waals surface area contributed by atoms with E-state index in [1.54, 1.807) is 0 Å². The van der Waals surface area contributed by atoms with Crippen molar-refractivity contribution in [3.63, 3.8) is 0 Å². The summed E-state index contributed by atoms with van der Waals surface area (Å²) in [6, 6.07) is 4.11. The molecule has 1 rings (SSSR count). The number of hydrogen-bond donors (Lipinski definition) is 1. The number of thiol groups is 1. The Labute approximate surface area is 124 Å². The first kappa shape index (κ1) is 16.6. The zero-order chi connectivity index (χ0) is 13.8. The molecule has 0 bridgehead atoms. The van der Waals surface area contributed by atoms with Gasteiger partial charge < -0.3 is 0 Å². The van der Waals surface area contributed by atoms with Crippen LogP contribution in [-0.2, 0) is 6.54 Å². The summed E-state index contributed by atoms with van der Waals surface area (Å²) in [6.45, 7) is 3.42. The topological polar surface area (TPSA) is 3.88 Å². The number of hydrogen-bond acceptors (Lipinski definition) is 1.